The number of carbonyl (C=O) groups is 1. The summed E-state index contributed by atoms with van der Waals surface area (Å²) in [6, 6.07) is 12.8. The Balaban J connectivity index is 1.53. The zero-order valence-electron chi connectivity index (χ0n) is 15.6. The Labute approximate surface area is 166 Å². The minimum absolute atomic E-state index is 0.125. The number of non-ortho nitro benzene ring substituents is 1. The van der Waals surface area contributed by atoms with Crippen molar-refractivity contribution >= 4 is 29.0 Å². The number of hydrogen-bond donors (Lipinski definition) is 3. The number of aromatic nitrogens is 3. The molecule has 0 bridgehead atoms. The molecule has 1 aromatic carbocycles. The molecule has 1 amide bonds. The number of nitrogens with one attached hydrogen (secondary N) is 3. The topological polar surface area (TPSA) is 135 Å². The van der Waals surface area contributed by atoms with Crippen LogP contribution in [-0.4, -0.2) is 38.9 Å². The number of nitro benzene ring substituents is 1. The molecule has 2 heterocycles. The Kier molecular flexibility index (Phi) is 6.25. The van der Waals surface area contributed by atoms with Crippen molar-refractivity contribution in [1.29, 1.82) is 0 Å². The lowest BCUT2D eigenvalue weighted by atomic mass is 10.2. The molecule has 3 N–H and O–H groups in total. The molecule has 0 spiro atoms. The molecule has 10 heteroatoms. The van der Waals surface area contributed by atoms with Crippen LogP contribution < -0.4 is 16.0 Å². The monoisotopic (exact) mass is 393 g/mol. The molecule has 0 saturated heterocycles. The summed E-state index contributed by atoms with van der Waals surface area (Å²) in [7, 11) is 0. The predicted molar refractivity (Wildman–Crippen MR) is 108 cm³/mol. The van der Waals surface area contributed by atoms with E-state index in [1.807, 2.05) is 18.2 Å². The number of aryl methyl sites for hydroxylation is 1. The minimum atomic E-state index is -0.535. The third-order valence-electron chi connectivity index (χ3n) is 3.79. The molecule has 10 nitrogen and oxygen atoms in total. The van der Waals surface area contributed by atoms with Crippen LogP contribution >= 0.6 is 0 Å². The summed E-state index contributed by atoms with van der Waals surface area (Å²) in [6.07, 6.45) is 1.68. The van der Waals surface area contributed by atoms with E-state index in [0.717, 1.165) is 0 Å². The lowest BCUT2D eigenvalue weighted by molar-refractivity contribution is -0.384. The van der Waals surface area contributed by atoms with Gasteiger partial charge in [0.05, 0.1) is 4.92 Å². The van der Waals surface area contributed by atoms with Gasteiger partial charge in [-0.1, -0.05) is 12.1 Å². The van der Waals surface area contributed by atoms with Crippen LogP contribution in [0.25, 0.3) is 0 Å². The highest BCUT2D eigenvalue weighted by molar-refractivity contribution is 5.94. The van der Waals surface area contributed by atoms with Crippen LogP contribution in [0.15, 0.2) is 54.7 Å². The Bertz CT molecular complexity index is 1010. The molecule has 0 fully saturated rings. The van der Waals surface area contributed by atoms with E-state index in [-0.39, 0.29) is 17.2 Å². The van der Waals surface area contributed by atoms with Gasteiger partial charge in [0.2, 0.25) is 0 Å². The molecule has 0 aliphatic rings. The first kappa shape index (κ1) is 19.7. The van der Waals surface area contributed by atoms with Crippen LogP contribution in [0, 0.1) is 17.0 Å². The van der Waals surface area contributed by atoms with Crippen molar-refractivity contribution in [2.45, 2.75) is 6.92 Å². The van der Waals surface area contributed by atoms with Gasteiger partial charge in [0.25, 0.3) is 11.6 Å². The maximum absolute atomic E-state index is 12.1. The summed E-state index contributed by atoms with van der Waals surface area (Å²) in [5.74, 6) is 2.06. The van der Waals surface area contributed by atoms with Gasteiger partial charge in [0, 0.05) is 43.0 Å². The van der Waals surface area contributed by atoms with Gasteiger partial charge >= 0.3 is 0 Å². The predicted octanol–water partition coefficient (Wildman–Crippen LogP) is 2.67. The van der Waals surface area contributed by atoms with E-state index in [4.69, 9.17) is 0 Å². The van der Waals surface area contributed by atoms with E-state index >= 15 is 0 Å². The Morgan fingerprint density at radius 1 is 1.03 bits per heavy atom. The fourth-order valence-electron chi connectivity index (χ4n) is 2.52. The lowest BCUT2D eigenvalue weighted by Crippen LogP contribution is -2.29. The molecule has 0 aliphatic heterocycles. The van der Waals surface area contributed by atoms with Gasteiger partial charge in [-0.25, -0.2) is 15.0 Å². The number of rotatable bonds is 8. The Hall–Kier alpha value is -4.08. The first-order valence-corrected chi connectivity index (χ1v) is 8.81. The van der Waals surface area contributed by atoms with Crippen LogP contribution in [0.3, 0.4) is 0 Å². The highest BCUT2D eigenvalue weighted by Gasteiger charge is 2.11. The van der Waals surface area contributed by atoms with Gasteiger partial charge in [-0.15, -0.1) is 0 Å². The molecule has 148 valence electrons. The number of nitro groups is 1. The van der Waals surface area contributed by atoms with Crippen LogP contribution in [-0.2, 0) is 0 Å². The molecule has 0 radical (unpaired) electrons. The summed E-state index contributed by atoms with van der Waals surface area (Å²) in [5, 5.41) is 19.7. The molecule has 0 atom stereocenters. The zero-order valence-corrected chi connectivity index (χ0v) is 15.6. The van der Waals surface area contributed by atoms with Gasteiger partial charge in [-0.2, -0.15) is 0 Å². The average Bonchev–Trinajstić information content (AvgIpc) is 2.71. The summed E-state index contributed by atoms with van der Waals surface area (Å²) in [5.41, 5.74) is 0.110. The molecule has 0 unspecified atom stereocenters. The van der Waals surface area contributed by atoms with E-state index < -0.39 is 4.92 Å². The quantitative estimate of drug-likeness (QED) is 0.302. The highest BCUT2D eigenvalue weighted by Crippen LogP contribution is 2.15. The second-order valence-corrected chi connectivity index (χ2v) is 6.02. The van der Waals surface area contributed by atoms with Crippen molar-refractivity contribution in [2.75, 3.05) is 23.7 Å². The van der Waals surface area contributed by atoms with Crippen LogP contribution in [0.5, 0.6) is 0 Å². The van der Waals surface area contributed by atoms with Crippen LogP contribution in [0.1, 0.15) is 16.2 Å². The summed E-state index contributed by atoms with van der Waals surface area (Å²) in [4.78, 5) is 35.2. The number of amides is 1. The second-order valence-electron chi connectivity index (χ2n) is 6.02. The van der Waals surface area contributed by atoms with E-state index in [1.165, 1.54) is 24.3 Å². The molecule has 3 aromatic rings. The van der Waals surface area contributed by atoms with E-state index in [2.05, 4.69) is 30.9 Å². The van der Waals surface area contributed by atoms with Gasteiger partial charge < -0.3 is 16.0 Å². The van der Waals surface area contributed by atoms with Crippen molar-refractivity contribution in [2.24, 2.45) is 0 Å². The first-order chi connectivity index (χ1) is 14.0. The van der Waals surface area contributed by atoms with Gasteiger partial charge in [-0.3, -0.25) is 14.9 Å². The van der Waals surface area contributed by atoms with Crippen LogP contribution in [0.4, 0.5) is 23.1 Å². The molecular formula is C19H19N7O3. The number of benzene rings is 1. The highest BCUT2D eigenvalue weighted by atomic mass is 16.6. The maximum Gasteiger partial charge on any atom is 0.270 e. The second kappa shape index (κ2) is 9.22. The van der Waals surface area contributed by atoms with Crippen molar-refractivity contribution < 1.29 is 9.72 Å². The van der Waals surface area contributed by atoms with Crippen LogP contribution in [0.2, 0.25) is 0 Å². The minimum Gasteiger partial charge on any atom is -0.368 e. The molecule has 2 aromatic heterocycles. The third-order valence-corrected chi connectivity index (χ3v) is 3.79. The SMILES string of the molecule is Cc1nc(NCCNC(=O)c2cccc([N+](=O)[O-])c2)cc(Nc2ccccn2)n1. The molecule has 0 aliphatic carbocycles. The van der Waals surface area contributed by atoms with E-state index in [0.29, 0.717) is 36.4 Å². The van der Waals surface area contributed by atoms with Gasteiger partial charge in [-0.05, 0) is 25.1 Å². The van der Waals surface area contributed by atoms with E-state index in [1.54, 1.807) is 19.2 Å². The average molecular weight is 393 g/mol. The normalized spacial score (nSPS) is 10.2. The fraction of sp³-hybridized carbons (Fsp3) is 0.158. The summed E-state index contributed by atoms with van der Waals surface area (Å²) < 4.78 is 0. The first-order valence-electron chi connectivity index (χ1n) is 8.81. The number of carbonyl (C=O) groups excluding carboxylic acids is 1. The van der Waals surface area contributed by atoms with Gasteiger partial charge in [0.15, 0.2) is 0 Å². The third kappa shape index (κ3) is 5.70. The number of anilines is 3. The largest absolute Gasteiger partial charge is 0.368 e. The van der Waals surface area contributed by atoms with Gasteiger partial charge in [0.1, 0.15) is 23.3 Å². The number of hydrogen-bond acceptors (Lipinski definition) is 8. The van der Waals surface area contributed by atoms with Crippen molar-refractivity contribution in [3.05, 3.63) is 76.2 Å². The smallest absolute Gasteiger partial charge is 0.270 e. The van der Waals surface area contributed by atoms with Crippen molar-refractivity contribution in [1.82, 2.24) is 20.3 Å². The zero-order chi connectivity index (χ0) is 20.6. The number of pyridine rings is 1. The lowest BCUT2D eigenvalue weighted by Gasteiger charge is -2.10. The molecular weight excluding hydrogens is 374 g/mol. The molecule has 29 heavy (non-hydrogen) atoms. The Morgan fingerprint density at radius 2 is 1.86 bits per heavy atom. The molecule has 0 saturated carbocycles. The Morgan fingerprint density at radius 3 is 2.62 bits per heavy atom. The van der Waals surface area contributed by atoms with Crippen molar-refractivity contribution in [3.8, 4) is 0 Å². The fourth-order valence-corrected chi connectivity index (χ4v) is 2.52. The summed E-state index contributed by atoms with van der Waals surface area (Å²) >= 11 is 0. The molecule has 3 rings (SSSR count). The summed E-state index contributed by atoms with van der Waals surface area (Å²) in [6.45, 7) is 2.51. The standard InChI is InChI=1S/C19H19N7O3/c1-13-23-17(12-18(24-13)25-16-7-2-3-8-20-16)21-9-10-22-19(27)14-5-4-6-15(11-14)26(28)29/h2-8,11-12H,9-10H2,1H3,(H,22,27)(H2,20,21,23,24,25). The maximum atomic E-state index is 12.1. The van der Waals surface area contributed by atoms with E-state index in [9.17, 15) is 14.9 Å². The number of nitrogens with zero attached hydrogens (tertiary/aromatic N) is 4. The van der Waals surface area contributed by atoms with Crippen molar-refractivity contribution in [3.63, 3.8) is 0 Å².